The Morgan fingerprint density at radius 3 is 2.24 bits per heavy atom. The lowest BCUT2D eigenvalue weighted by Gasteiger charge is -2.08. The average molecular weight is 470 g/mol. The molecule has 0 radical (unpaired) electrons. The van der Waals surface area contributed by atoms with E-state index in [0.29, 0.717) is 19.1 Å². The predicted octanol–water partition coefficient (Wildman–Crippen LogP) is 5.31. The molecule has 0 fully saturated rings. The van der Waals surface area contributed by atoms with Crippen LogP contribution in [0.5, 0.6) is 11.5 Å². The van der Waals surface area contributed by atoms with Gasteiger partial charge in [0.2, 0.25) is 5.90 Å². The van der Waals surface area contributed by atoms with Crippen LogP contribution in [0.3, 0.4) is 0 Å². The van der Waals surface area contributed by atoms with Gasteiger partial charge in [0, 0.05) is 4.47 Å². The number of thiophene rings is 1. The second-order valence-corrected chi connectivity index (χ2v) is 7.90. The number of esters is 1. The molecule has 0 spiro atoms. The highest BCUT2D eigenvalue weighted by Crippen LogP contribution is 2.22. The van der Waals surface area contributed by atoms with Crippen molar-refractivity contribution in [3.8, 4) is 11.5 Å². The van der Waals surface area contributed by atoms with E-state index in [4.69, 9.17) is 14.2 Å². The standard InChI is InChI=1S/C22H16BrNO4S/c23-16-5-9-18(10-6-16)27-12-11-26-17-7-3-15(4-8-17)14-19-22(25)28-21(24-19)20-2-1-13-29-20/h1-10,13-14H,11-12H2. The number of carbonyl (C=O) groups excluding carboxylic acids is 1. The molecule has 2 aromatic carbocycles. The zero-order valence-electron chi connectivity index (χ0n) is 15.2. The molecule has 1 aromatic heterocycles. The maximum Gasteiger partial charge on any atom is 0.363 e. The maximum absolute atomic E-state index is 12.0. The minimum Gasteiger partial charge on any atom is -0.490 e. The number of rotatable bonds is 7. The van der Waals surface area contributed by atoms with Crippen LogP contribution in [0.2, 0.25) is 0 Å². The molecule has 29 heavy (non-hydrogen) atoms. The zero-order valence-corrected chi connectivity index (χ0v) is 17.6. The van der Waals surface area contributed by atoms with Crippen molar-refractivity contribution < 1.29 is 19.0 Å². The van der Waals surface area contributed by atoms with Gasteiger partial charge in [-0.15, -0.1) is 11.3 Å². The van der Waals surface area contributed by atoms with E-state index in [9.17, 15) is 4.79 Å². The highest BCUT2D eigenvalue weighted by molar-refractivity contribution is 9.10. The van der Waals surface area contributed by atoms with E-state index in [1.807, 2.05) is 66.0 Å². The Kier molecular flexibility index (Phi) is 6.07. The number of cyclic esters (lactones) is 1. The van der Waals surface area contributed by atoms with Crippen LogP contribution >= 0.6 is 27.3 Å². The molecule has 146 valence electrons. The molecule has 5 nitrogen and oxygen atoms in total. The molecule has 0 unspecified atom stereocenters. The average Bonchev–Trinajstić information content (AvgIpc) is 3.38. The maximum atomic E-state index is 12.0. The summed E-state index contributed by atoms with van der Waals surface area (Å²) in [5.41, 5.74) is 1.12. The molecule has 2 heterocycles. The fraction of sp³-hybridized carbons (Fsp3) is 0.0909. The summed E-state index contributed by atoms with van der Waals surface area (Å²) in [7, 11) is 0. The van der Waals surface area contributed by atoms with Crippen LogP contribution in [0.1, 0.15) is 10.4 Å². The van der Waals surface area contributed by atoms with Crippen LogP contribution in [0.15, 0.2) is 81.2 Å². The molecule has 0 amide bonds. The zero-order chi connectivity index (χ0) is 20.1. The molecule has 0 atom stereocenters. The second kappa shape index (κ2) is 9.07. The summed E-state index contributed by atoms with van der Waals surface area (Å²) >= 11 is 4.87. The van der Waals surface area contributed by atoms with Gasteiger partial charge in [-0.1, -0.05) is 34.1 Å². The molecule has 0 N–H and O–H groups in total. The Labute approximate surface area is 180 Å². The van der Waals surface area contributed by atoms with Gasteiger partial charge >= 0.3 is 5.97 Å². The van der Waals surface area contributed by atoms with E-state index >= 15 is 0 Å². The Morgan fingerprint density at radius 1 is 0.966 bits per heavy atom. The van der Waals surface area contributed by atoms with Crippen LogP contribution in [0.25, 0.3) is 6.08 Å². The molecule has 7 heteroatoms. The van der Waals surface area contributed by atoms with Crippen molar-refractivity contribution in [1.29, 1.82) is 0 Å². The van der Waals surface area contributed by atoms with E-state index in [1.54, 1.807) is 6.08 Å². The number of hydrogen-bond acceptors (Lipinski definition) is 6. The highest BCUT2D eigenvalue weighted by Gasteiger charge is 2.24. The topological polar surface area (TPSA) is 57.1 Å². The van der Waals surface area contributed by atoms with Gasteiger partial charge in [0.05, 0.1) is 4.88 Å². The molecular formula is C22H16BrNO4S. The van der Waals surface area contributed by atoms with E-state index in [2.05, 4.69) is 20.9 Å². The first-order chi connectivity index (χ1) is 14.2. The molecule has 0 saturated heterocycles. The van der Waals surface area contributed by atoms with Crippen LogP contribution in [-0.2, 0) is 9.53 Å². The molecule has 1 aliphatic rings. The number of halogens is 1. The third-order valence-electron chi connectivity index (χ3n) is 3.97. The van der Waals surface area contributed by atoms with E-state index in [0.717, 1.165) is 26.4 Å². The number of nitrogens with zero attached hydrogens (tertiary/aromatic N) is 1. The smallest absolute Gasteiger partial charge is 0.363 e. The molecule has 0 saturated carbocycles. The first-order valence-corrected chi connectivity index (χ1v) is 10.5. The summed E-state index contributed by atoms with van der Waals surface area (Å²) in [5, 5.41) is 1.91. The van der Waals surface area contributed by atoms with Gasteiger partial charge in [-0.2, -0.15) is 0 Å². The Balaban J connectivity index is 1.31. The van der Waals surface area contributed by atoms with E-state index in [1.165, 1.54) is 11.3 Å². The number of hydrogen-bond donors (Lipinski definition) is 0. The summed E-state index contributed by atoms with van der Waals surface area (Å²) in [5.74, 6) is 1.42. The summed E-state index contributed by atoms with van der Waals surface area (Å²) in [6.07, 6.45) is 1.70. The van der Waals surface area contributed by atoms with Crippen LogP contribution in [0.4, 0.5) is 0 Å². The quantitative estimate of drug-likeness (QED) is 0.267. The molecule has 0 aliphatic carbocycles. The Morgan fingerprint density at radius 2 is 1.62 bits per heavy atom. The number of ether oxygens (including phenoxy) is 3. The van der Waals surface area contributed by atoms with Crippen LogP contribution in [0, 0.1) is 0 Å². The largest absolute Gasteiger partial charge is 0.490 e. The van der Waals surface area contributed by atoms with Crippen molar-refractivity contribution in [2.24, 2.45) is 4.99 Å². The fourth-order valence-corrected chi connectivity index (χ4v) is 3.50. The monoisotopic (exact) mass is 469 g/mol. The van der Waals surface area contributed by atoms with Crippen molar-refractivity contribution >= 4 is 45.2 Å². The Bertz CT molecular complexity index is 1040. The first-order valence-electron chi connectivity index (χ1n) is 8.85. The molecule has 1 aliphatic heterocycles. The van der Waals surface area contributed by atoms with Crippen LogP contribution < -0.4 is 9.47 Å². The van der Waals surface area contributed by atoms with Gasteiger partial charge in [0.15, 0.2) is 5.70 Å². The predicted molar refractivity (Wildman–Crippen MR) is 116 cm³/mol. The SMILES string of the molecule is O=C1OC(c2cccs2)=NC1=Cc1ccc(OCCOc2ccc(Br)cc2)cc1. The van der Waals surface area contributed by atoms with Gasteiger partial charge in [-0.05, 0) is 59.5 Å². The molecule has 3 aromatic rings. The lowest BCUT2D eigenvalue weighted by Crippen LogP contribution is -2.08. The van der Waals surface area contributed by atoms with Crippen molar-refractivity contribution in [2.45, 2.75) is 0 Å². The Hall–Kier alpha value is -2.90. The first kappa shape index (κ1) is 19.4. The number of benzene rings is 2. The van der Waals surface area contributed by atoms with Crippen LogP contribution in [-0.4, -0.2) is 25.1 Å². The minimum absolute atomic E-state index is 0.282. The van der Waals surface area contributed by atoms with Crippen molar-refractivity contribution in [3.05, 3.63) is 86.7 Å². The summed E-state index contributed by atoms with van der Waals surface area (Å²) in [6, 6.07) is 18.8. The van der Waals surface area contributed by atoms with Crippen molar-refractivity contribution in [1.82, 2.24) is 0 Å². The van der Waals surface area contributed by atoms with Gasteiger partial charge in [-0.25, -0.2) is 9.79 Å². The third-order valence-corrected chi connectivity index (χ3v) is 5.36. The summed E-state index contributed by atoms with van der Waals surface area (Å²) in [6.45, 7) is 0.872. The summed E-state index contributed by atoms with van der Waals surface area (Å²) in [4.78, 5) is 17.1. The fourth-order valence-electron chi connectivity index (χ4n) is 2.58. The van der Waals surface area contributed by atoms with Gasteiger partial charge < -0.3 is 14.2 Å². The van der Waals surface area contributed by atoms with E-state index < -0.39 is 5.97 Å². The molecular weight excluding hydrogens is 454 g/mol. The van der Waals surface area contributed by atoms with Gasteiger partial charge in [0.1, 0.15) is 24.7 Å². The molecule has 4 rings (SSSR count). The highest BCUT2D eigenvalue weighted by atomic mass is 79.9. The normalized spacial score (nSPS) is 14.6. The van der Waals surface area contributed by atoms with Gasteiger partial charge in [0.25, 0.3) is 0 Å². The third kappa shape index (κ3) is 5.13. The summed E-state index contributed by atoms with van der Waals surface area (Å²) < 4.78 is 17.6. The van der Waals surface area contributed by atoms with Crippen molar-refractivity contribution in [2.75, 3.05) is 13.2 Å². The number of carbonyl (C=O) groups is 1. The number of aliphatic imine (C=N–C) groups is 1. The van der Waals surface area contributed by atoms with Crippen molar-refractivity contribution in [3.63, 3.8) is 0 Å². The lowest BCUT2D eigenvalue weighted by atomic mass is 10.2. The second-order valence-electron chi connectivity index (χ2n) is 6.03. The van der Waals surface area contributed by atoms with Gasteiger partial charge in [-0.3, -0.25) is 0 Å². The minimum atomic E-state index is -0.446. The molecule has 0 bridgehead atoms. The lowest BCUT2D eigenvalue weighted by molar-refractivity contribution is -0.129. The van der Waals surface area contributed by atoms with E-state index in [-0.39, 0.29) is 5.70 Å².